The minimum atomic E-state index is -0.827. The maximum Gasteiger partial charge on any atom is 0.314 e. The Bertz CT molecular complexity index is 719. The second-order valence-corrected chi connectivity index (χ2v) is 4.75. The topological polar surface area (TPSA) is 93.4 Å². The molecule has 0 atom stereocenters. The molecule has 0 unspecified atom stereocenters. The maximum atomic E-state index is 11.9. The van der Waals surface area contributed by atoms with E-state index >= 15 is 0 Å². The number of nitrogens with two attached hydrogens (primary N) is 1. The highest BCUT2D eigenvalue weighted by molar-refractivity contribution is 6.44. The van der Waals surface area contributed by atoms with Crippen LogP contribution in [-0.2, 0) is 9.59 Å². The van der Waals surface area contributed by atoms with Crippen LogP contribution in [0.25, 0.3) is 0 Å². The fourth-order valence-electron chi connectivity index (χ4n) is 1.72. The molecule has 2 aromatic carbocycles. The van der Waals surface area contributed by atoms with Gasteiger partial charge in [-0.05, 0) is 30.3 Å². The fraction of sp³-hybridized carbons (Fsp3) is 0.0667. The van der Waals surface area contributed by atoms with E-state index in [0.29, 0.717) is 27.8 Å². The second-order valence-electron chi connectivity index (χ2n) is 4.34. The molecule has 0 aliphatic rings. The fourth-order valence-corrected chi connectivity index (χ4v) is 1.90. The zero-order valence-corrected chi connectivity index (χ0v) is 12.5. The van der Waals surface area contributed by atoms with Gasteiger partial charge in [0.15, 0.2) is 0 Å². The number of halogens is 1. The van der Waals surface area contributed by atoms with E-state index < -0.39 is 11.8 Å². The van der Waals surface area contributed by atoms with E-state index in [0.717, 1.165) is 0 Å². The Kier molecular flexibility index (Phi) is 4.85. The van der Waals surface area contributed by atoms with Gasteiger partial charge in [0.05, 0.1) is 23.5 Å². The molecule has 0 aliphatic carbocycles. The summed E-state index contributed by atoms with van der Waals surface area (Å²) >= 11 is 5.85. The van der Waals surface area contributed by atoms with E-state index in [9.17, 15) is 9.59 Å². The molecule has 0 saturated carbocycles. The van der Waals surface area contributed by atoms with Crippen LogP contribution < -0.4 is 21.1 Å². The van der Waals surface area contributed by atoms with Crippen molar-refractivity contribution in [3.8, 4) is 5.75 Å². The normalized spacial score (nSPS) is 9.91. The van der Waals surface area contributed by atoms with Crippen molar-refractivity contribution in [2.75, 3.05) is 23.5 Å². The van der Waals surface area contributed by atoms with E-state index in [-0.39, 0.29) is 0 Å². The molecule has 0 spiro atoms. The van der Waals surface area contributed by atoms with Gasteiger partial charge in [-0.3, -0.25) is 9.59 Å². The first-order valence-corrected chi connectivity index (χ1v) is 6.69. The Balaban J connectivity index is 2.06. The number of anilines is 3. The number of hydrogen-bond donors (Lipinski definition) is 3. The largest absolute Gasteiger partial charge is 0.495 e. The van der Waals surface area contributed by atoms with Crippen LogP contribution >= 0.6 is 11.6 Å². The van der Waals surface area contributed by atoms with Crippen LogP contribution in [0.4, 0.5) is 17.1 Å². The quantitative estimate of drug-likeness (QED) is 0.598. The second kappa shape index (κ2) is 6.82. The van der Waals surface area contributed by atoms with Crippen LogP contribution in [-0.4, -0.2) is 18.9 Å². The highest BCUT2D eigenvalue weighted by atomic mass is 35.5. The summed E-state index contributed by atoms with van der Waals surface area (Å²) in [6.07, 6.45) is 0. The van der Waals surface area contributed by atoms with Crippen molar-refractivity contribution in [3.05, 3.63) is 47.5 Å². The number of nitrogens with one attached hydrogen (secondary N) is 2. The Labute approximate surface area is 132 Å². The molecule has 6 nitrogen and oxygen atoms in total. The van der Waals surface area contributed by atoms with Gasteiger partial charge in [0.2, 0.25) is 0 Å². The van der Waals surface area contributed by atoms with Gasteiger partial charge in [-0.1, -0.05) is 23.7 Å². The Morgan fingerprint density at radius 1 is 1.09 bits per heavy atom. The molecule has 0 aromatic heterocycles. The minimum absolute atomic E-state index is 0.294. The molecular weight excluding hydrogens is 306 g/mol. The van der Waals surface area contributed by atoms with Gasteiger partial charge in [0.25, 0.3) is 0 Å². The summed E-state index contributed by atoms with van der Waals surface area (Å²) in [6, 6.07) is 11.3. The maximum absolute atomic E-state index is 11.9. The Morgan fingerprint density at radius 3 is 2.45 bits per heavy atom. The van der Waals surface area contributed by atoms with Crippen LogP contribution in [0, 0.1) is 0 Å². The van der Waals surface area contributed by atoms with Gasteiger partial charge < -0.3 is 21.1 Å². The minimum Gasteiger partial charge on any atom is -0.495 e. The molecule has 0 fully saturated rings. The molecule has 4 N–H and O–H groups in total. The van der Waals surface area contributed by atoms with Gasteiger partial charge in [-0.25, -0.2) is 0 Å². The predicted octanol–water partition coefficient (Wildman–Crippen LogP) is 2.51. The summed E-state index contributed by atoms with van der Waals surface area (Å²) < 4.78 is 5.10. The SMILES string of the molecule is COc1ccccc1NC(=O)C(=O)Nc1ccc(N)c(Cl)c1. The molecule has 0 saturated heterocycles. The zero-order chi connectivity index (χ0) is 16.1. The lowest BCUT2D eigenvalue weighted by molar-refractivity contribution is -0.133. The summed E-state index contributed by atoms with van der Waals surface area (Å²) in [4.78, 5) is 23.8. The third-order valence-corrected chi connectivity index (χ3v) is 3.15. The van der Waals surface area contributed by atoms with Crippen LogP contribution in [0.1, 0.15) is 0 Å². The Hall–Kier alpha value is -2.73. The monoisotopic (exact) mass is 319 g/mol. The Morgan fingerprint density at radius 2 is 1.77 bits per heavy atom. The lowest BCUT2D eigenvalue weighted by atomic mass is 10.2. The molecule has 2 aromatic rings. The number of nitrogen functional groups attached to an aromatic ring is 1. The standard InChI is InChI=1S/C15H14ClN3O3/c1-22-13-5-3-2-4-12(13)19-15(21)14(20)18-9-6-7-11(17)10(16)8-9/h2-8H,17H2,1H3,(H,18,20)(H,19,21). The number of rotatable bonds is 3. The third kappa shape index (κ3) is 3.67. The van der Waals surface area contributed by atoms with Crippen molar-refractivity contribution < 1.29 is 14.3 Å². The van der Waals surface area contributed by atoms with E-state index in [2.05, 4.69) is 10.6 Å². The number of benzene rings is 2. The smallest absolute Gasteiger partial charge is 0.314 e. The van der Waals surface area contributed by atoms with Crippen molar-refractivity contribution >= 4 is 40.5 Å². The lowest BCUT2D eigenvalue weighted by Gasteiger charge is -2.10. The van der Waals surface area contributed by atoms with Crippen molar-refractivity contribution in [2.45, 2.75) is 0 Å². The molecule has 2 amide bonds. The molecule has 0 radical (unpaired) electrons. The van der Waals surface area contributed by atoms with Crippen LogP contribution in [0.15, 0.2) is 42.5 Å². The highest BCUT2D eigenvalue weighted by Gasteiger charge is 2.16. The third-order valence-electron chi connectivity index (χ3n) is 2.82. The number of amides is 2. The van der Waals surface area contributed by atoms with Gasteiger partial charge in [-0.15, -0.1) is 0 Å². The zero-order valence-electron chi connectivity index (χ0n) is 11.7. The summed E-state index contributed by atoms with van der Waals surface area (Å²) in [7, 11) is 1.47. The predicted molar refractivity (Wildman–Crippen MR) is 86.1 cm³/mol. The summed E-state index contributed by atoms with van der Waals surface area (Å²) in [5.41, 5.74) is 6.74. The number of ether oxygens (including phenoxy) is 1. The molecule has 2 rings (SSSR count). The van der Waals surface area contributed by atoms with E-state index in [1.807, 2.05) is 0 Å². The van der Waals surface area contributed by atoms with Gasteiger partial charge >= 0.3 is 11.8 Å². The van der Waals surface area contributed by atoms with Crippen LogP contribution in [0.3, 0.4) is 0 Å². The number of methoxy groups -OCH3 is 1. The molecule has 0 aliphatic heterocycles. The first-order valence-electron chi connectivity index (χ1n) is 6.31. The van der Waals surface area contributed by atoms with Crippen molar-refractivity contribution in [1.29, 1.82) is 0 Å². The van der Waals surface area contributed by atoms with Crippen LogP contribution in [0.2, 0.25) is 5.02 Å². The van der Waals surface area contributed by atoms with E-state index in [1.54, 1.807) is 30.3 Å². The molecule has 22 heavy (non-hydrogen) atoms. The van der Waals surface area contributed by atoms with Crippen molar-refractivity contribution in [1.82, 2.24) is 0 Å². The number of carbonyl (C=O) groups is 2. The highest BCUT2D eigenvalue weighted by Crippen LogP contribution is 2.24. The van der Waals surface area contributed by atoms with Crippen molar-refractivity contribution in [2.24, 2.45) is 0 Å². The molecule has 114 valence electrons. The molecule has 7 heteroatoms. The van der Waals surface area contributed by atoms with Gasteiger partial charge in [0.1, 0.15) is 5.75 Å². The molecule has 0 heterocycles. The van der Waals surface area contributed by atoms with Gasteiger partial charge in [0, 0.05) is 5.69 Å². The van der Waals surface area contributed by atoms with Crippen LogP contribution in [0.5, 0.6) is 5.75 Å². The first-order chi connectivity index (χ1) is 10.5. The summed E-state index contributed by atoms with van der Waals surface area (Å²) in [5, 5.41) is 5.20. The average molecular weight is 320 g/mol. The van der Waals surface area contributed by atoms with Gasteiger partial charge in [-0.2, -0.15) is 0 Å². The number of para-hydroxylation sites is 2. The number of carbonyl (C=O) groups excluding carboxylic acids is 2. The first kappa shape index (κ1) is 15.7. The number of hydrogen-bond acceptors (Lipinski definition) is 4. The average Bonchev–Trinajstić information content (AvgIpc) is 2.51. The molecular formula is C15H14ClN3O3. The summed E-state index contributed by atoms with van der Waals surface area (Å²) in [6.45, 7) is 0. The lowest BCUT2D eigenvalue weighted by Crippen LogP contribution is -2.29. The van der Waals surface area contributed by atoms with Crippen molar-refractivity contribution in [3.63, 3.8) is 0 Å². The summed E-state index contributed by atoms with van der Waals surface area (Å²) in [5.74, 6) is -1.19. The van der Waals surface area contributed by atoms with E-state index in [4.69, 9.17) is 22.1 Å². The molecule has 0 bridgehead atoms. The van der Waals surface area contributed by atoms with E-state index in [1.165, 1.54) is 19.2 Å².